The summed E-state index contributed by atoms with van der Waals surface area (Å²) in [6, 6.07) is 5.37. The topological polar surface area (TPSA) is 0 Å². The fourth-order valence-corrected chi connectivity index (χ4v) is 3.51. The zero-order valence-electron chi connectivity index (χ0n) is 8.81. The van der Waals surface area contributed by atoms with Crippen LogP contribution in [-0.4, -0.2) is 0 Å². The monoisotopic (exact) mass is 324 g/mol. The minimum Gasteiger partial charge on any atom is -0.145 e. The molecule has 90 valence electrons. The summed E-state index contributed by atoms with van der Waals surface area (Å²) in [5, 5.41) is 3.44. The largest absolute Gasteiger partial charge is 0.145 e. The van der Waals surface area contributed by atoms with E-state index >= 15 is 0 Å². The summed E-state index contributed by atoms with van der Waals surface area (Å²) >= 11 is 26.0. The molecule has 0 nitrogen and oxygen atoms in total. The van der Waals surface area contributed by atoms with E-state index in [0.717, 1.165) is 21.0 Å². The van der Waals surface area contributed by atoms with Gasteiger partial charge in [0.05, 0.1) is 20.4 Å². The van der Waals surface area contributed by atoms with Gasteiger partial charge in [0.25, 0.3) is 0 Å². The Morgan fingerprint density at radius 2 is 1.82 bits per heavy atom. The number of alkyl halides is 1. The number of aryl methyl sites for hydroxylation is 1. The van der Waals surface area contributed by atoms with Crippen LogP contribution < -0.4 is 0 Å². The SMILES string of the molecule is Cc1csc(C(Cl)c2ccc(Cl)c(Cl)c2)c1Cl. The van der Waals surface area contributed by atoms with E-state index in [1.54, 1.807) is 23.5 Å². The van der Waals surface area contributed by atoms with Gasteiger partial charge in [-0.05, 0) is 35.6 Å². The second-order valence-corrected chi connectivity index (χ2v) is 6.17. The zero-order chi connectivity index (χ0) is 12.6. The van der Waals surface area contributed by atoms with Crippen LogP contribution in [0.4, 0.5) is 0 Å². The molecule has 1 unspecified atom stereocenters. The summed E-state index contributed by atoms with van der Waals surface area (Å²) in [5.74, 6) is 0. The van der Waals surface area contributed by atoms with Crippen molar-refractivity contribution in [3.05, 3.63) is 54.7 Å². The number of hydrogen-bond acceptors (Lipinski definition) is 1. The molecule has 1 heterocycles. The third-order valence-corrected chi connectivity index (χ3v) is 5.51. The fraction of sp³-hybridized carbons (Fsp3) is 0.167. The standard InChI is InChI=1S/C12H8Cl4S/c1-6-5-17-12(10(6)15)11(16)7-2-3-8(13)9(14)4-7/h2-5,11H,1H3. The van der Waals surface area contributed by atoms with E-state index in [9.17, 15) is 0 Å². The summed E-state index contributed by atoms with van der Waals surface area (Å²) in [4.78, 5) is 0.934. The average Bonchev–Trinajstić information content (AvgIpc) is 2.63. The van der Waals surface area contributed by atoms with E-state index in [1.165, 1.54) is 0 Å². The van der Waals surface area contributed by atoms with Crippen molar-refractivity contribution in [2.75, 3.05) is 0 Å². The third kappa shape index (κ3) is 2.74. The molecule has 0 aliphatic carbocycles. The van der Waals surface area contributed by atoms with Gasteiger partial charge in [0.15, 0.2) is 0 Å². The highest BCUT2D eigenvalue weighted by Gasteiger charge is 2.18. The van der Waals surface area contributed by atoms with Gasteiger partial charge in [-0.1, -0.05) is 40.9 Å². The number of benzene rings is 1. The number of thiophene rings is 1. The predicted molar refractivity (Wildman–Crippen MR) is 78.2 cm³/mol. The Hall–Kier alpha value is 0.0800. The Kier molecular flexibility index (Phi) is 4.27. The molecule has 0 fully saturated rings. The first kappa shape index (κ1) is 13.5. The maximum atomic E-state index is 6.40. The summed E-state index contributed by atoms with van der Waals surface area (Å²) in [6.45, 7) is 1.96. The van der Waals surface area contributed by atoms with Crippen molar-refractivity contribution >= 4 is 57.7 Å². The van der Waals surface area contributed by atoms with Gasteiger partial charge < -0.3 is 0 Å². The molecule has 17 heavy (non-hydrogen) atoms. The van der Waals surface area contributed by atoms with E-state index in [0.29, 0.717) is 10.0 Å². The molecule has 0 radical (unpaired) electrons. The van der Waals surface area contributed by atoms with Gasteiger partial charge in [0, 0.05) is 4.88 Å². The lowest BCUT2D eigenvalue weighted by molar-refractivity contribution is 1.18. The van der Waals surface area contributed by atoms with Crippen molar-refractivity contribution in [1.29, 1.82) is 0 Å². The van der Waals surface area contributed by atoms with Crippen LogP contribution in [0.15, 0.2) is 23.6 Å². The lowest BCUT2D eigenvalue weighted by Crippen LogP contribution is -1.91. The lowest BCUT2D eigenvalue weighted by atomic mass is 10.1. The Bertz CT molecular complexity index is 547. The van der Waals surface area contributed by atoms with Gasteiger partial charge >= 0.3 is 0 Å². The highest BCUT2D eigenvalue weighted by atomic mass is 35.5. The average molecular weight is 326 g/mol. The smallest absolute Gasteiger partial charge is 0.0943 e. The minimum absolute atomic E-state index is 0.295. The molecule has 1 atom stereocenters. The van der Waals surface area contributed by atoms with Gasteiger partial charge in [-0.25, -0.2) is 0 Å². The van der Waals surface area contributed by atoms with E-state index in [1.807, 2.05) is 18.4 Å². The molecular formula is C12H8Cl4S. The highest BCUT2D eigenvalue weighted by molar-refractivity contribution is 7.11. The molecule has 0 saturated carbocycles. The first-order valence-electron chi connectivity index (χ1n) is 4.83. The molecule has 0 aliphatic heterocycles. The molecule has 1 aromatic heterocycles. The summed E-state index contributed by atoms with van der Waals surface area (Å²) in [6.07, 6.45) is 0. The molecule has 0 aliphatic rings. The Balaban J connectivity index is 2.40. The second kappa shape index (κ2) is 5.38. The van der Waals surface area contributed by atoms with Crippen molar-refractivity contribution in [3.63, 3.8) is 0 Å². The van der Waals surface area contributed by atoms with Crippen LogP contribution in [0.2, 0.25) is 15.1 Å². The van der Waals surface area contributed by atoms with E-state index in [2.05, 4.69) is 0 Å². The van der Waals surface area contributed by atoms with Crippen molar-refractivity contribution < 1.29 is 0 Å². The molecule has 0 amide bonds. The molecule has 0 saturated heterocycles. The normalized spacial score (nSPS) is 12.8. The number of halogens is 4. The Morgan fingerprint density at radius 1 is 1.12 bits per heavy atom. The van der Waals surface area contributed by atoms with Crippen LogP contribution in [0, 0.1) is 6.92 Å². The van der Waals surface area contributed by atoms with Gasteiger partial charge in [-0.3, -0.25) is 0 Å². The molecule has 2 aromatic rings. The van der Waals surface area contributed by atoms with Gasteiger partial charge in [-0.2, -0.15) is 0 Å². The zero-order valence-corrected chi connectivity index (χ0v) is 12.6. The van der Waals surface area contributed by atoms with Crippen LogP contribution in [0.25, 0.3) is 0 Å². The first-order chi connectivity index (χ1) is 8.00. The first-order valence-corrected chi connectivity index (χ1v) is 7.28. The molecule has 0 N–H and O–H groups in total. The van der Waals surface area contributed by atoms with Crippen molar-refractivity contribution in [3.8, 4) is 0 Å². The van der Waals surface area contributed by atoms with Crippen LogP contribution in [0.5, 0.6) is 0 Å². The highest BCUT2D eigenvalue weighted by Crippen LogP contribution is 2.40. The molecule has 0 bridgehead atoms. The Labute approximate surface area is 124 Å². The quantitative estimate of drug-likeness (QED) is 0.565. The van der Waals surface area contributed by atoms with E-state index in [-0.39, 0.29) is 5.38 Å². The van der Waals surface area contributed by atoms with Gasteiger partial charge in [-0.15, -0.1) is 22.9 Å². The molecule has 1 aromatic carbocycles. The van der Waals surface area contributed by atoms with Crippen LogP contribution >= 0.6 is 57.7 Å². The summed E-state index contributed by atoms with van der Waals surface area (Å²) < 4.78 is 0. The van der Waals surface area contributed by atoms with Crippen LogP contribution in [0.1, 0.15) is 21.4 Å². The molecular weight excluding hydrogens is 318 g/mol. The van der Waals surface area contributed by atoms with Crippen molar-refractivity contribution in [2.45, 2.75) is 12.3 Å². The van der Waals surface area contributed by atoms with Gasteiger partial charge in [0.2, 0.25) is 0 Å². The Morgan fingerprint density at radius 3 is 2.35 bits per heavy atom. The minimum atomic E-state index is -0.295. The summed E-state index contributed by atoms with van der Waals surface area (Å²) in [5.41, 5.74) is 1.93. The number of hydrogen-bond donors (Lipinski definition) is 0. The van der Waals surface area contributed by atoms with Crippen LogP contribution in [-0.2, 0) is 0 Å². The van der Waals surface area contributed by atoms with E-state index < -0.39 is 0 Å². The summed E-state index contributed by atoms with van der Waals surface area (Å²) in [7, 11) is 0. The van der Waals surface area contributed by atoms with Crippen molar-refractivity contribution in [2.24, 2.45) is 0 Å². The molecule has 0 spiro atoms. The maximum absolute atomic E-state index is 6.40. The fourth-order valence-electron chi connectivity index (χ4n) is 1.44. The maximum Gasteiger partial charge on any atom is 0.0943 e. The van der Waals surface area contributed by atoms with Crippen molar-refractivity contribution in [1.82, 2.24) is 0 Å². The second-order valence-electron chi connectivity index (χ2n) is 3.63. The molecule has 5 heteroatoms. The number of rotatable bonds is 2. The molecule has 2 rings (SSSR count). The van der Waals surface area contributed by atoms with Crippen LogP contribution in [0.3, 0.4) is 0 Å². The lowest BCUT2D eigenvalue weighted by Gasteiger charge is -2.09. The third-order valence-electron chi connectivity index (χ3n) is 2.39. The van der Waals surface area contributed by atoms with Gasteiger partial charge in [0.1, 0.15) is 0 Å². The predicted octanol–water partition coefficient (Wildman–Crippen LogP) is 6.34. The van der Waals surface area contributed by atoms with E-state index in [4.69, 9.17) is 46.4 Å².